The molecule has 3 rings (SSSR count). The Morgan fingerprint density at radius 1 is 0.821 bits per heavy atom. The van der Waals surface area contributed by atoms with Crippen LogP contribution in [0, 0.1) is 17.0 Å². The predicted molar refractivity (Wildman–Crippen MR) is 104 cm³/mol. The molecule has 3 nitrogen and oxygen atoms in total. The van der Waals surface area contributed by atoms with E-state index in [4.69, 9.17) is 23.2 Å². The second-order valence-electron chi connectivity index (χ2n) is 6.06. The molecule has 8 heteroatoms. The number of nitrogens with zero attached hydrogens (tertiary/aromatic N) is 1. The van der Waals surface area contributed by atoms with Gasteiger partial charge in [-0.05, 0) is 24.1 Å². The molecule has 0 aromatic heterocycles. The van der Waals surface area contributed by atoms with E-state index in [0.29, 0.717) is 5.56 Å². The summed E-state index contributed by atoms with van der Waals surface area (Å²) < 4.78 is 42.2. The van der Waals surface area contributed by atoms with Crippen molar-refractivity contribution in [3.8, 4) is 22.3 Å². The molecule has 3 aromatic carbocycles. The van der Waals surface area contributed by atoms with E-state index in [2.05, 4.69) is 0 Å². The summed E-state index contributed by atoms with van der Waals surface area (Å²) in [5, 5.41) is 11.5. The molecule has 0 spiro atoms. The Kier molecular flexibility index (Phi) is 5.37. The van der Waals surface area contributed by atoms with Crippen molar-refractivity contribution in [1.82, 2.24) is 0 Å². The van der Waals surface area contributed by atoms with E-state index in [1.807, 2.05) is 0 Å². The van der Waals surface area contributed by atoms with Crippen LogP contribution in [-0.2, 0) is 6.18 Å². The van der Waals surface area contributed by atoms with Crippen LogP contribution in [0.2, 0.25) is 10.0 Å². The number of nitro groups is 1. The monoisotopic (exact) mass is 425 g/mol. The normalized spacial score (nSPS) is 11.5. The minimum absolute atomic E-state index is 0.00752. The van der Waals surface area contributed by atoms with Gasteiger partial charge in [0.1, 0.15) is 0 Å². The van der Waals surface area contributed by atoms with Crippen molar-refractivity contribution in [3.05, 3.63) is 85.9 Å². The van der Waals surface area contributed by atoms with Gasteiger partial charge in [0.05, 0.1) is 26.1 Å². The maximum Gasteiger partial charge on any atom is 0.417 e. The Morgan fingerprint density at radius 2 is 1.39 bits per heavy atom. The molecular formula is C20H12Cl2F3NO2. The fraction of sp³-hybridized carbons (Fsp3) is 0.100. The number of halogens is 5. The van der Waals surface area contributed by atoms with Crippen molar-refractivity contribution in [3.63, 3.8) is 0 Å². The SMILES string of the molecule is Cc1ccc(-c2cccc(-c3ccccc3[N+](=O)[O-])c2C(F)(F)F)c(Cl)c1Cl. The predicted octanol–water partition coefficient (Wildman–Crippen LogP) is 7.56. The van der Waals surface area contributed by atoms with Gasteiger partial charge in [-0.25, -0.2) is 0 Å². The zero-order valence-corrected chi connectivity index (χ0v) is 15.9. The van der Waals surface area contributed by atoms with Crippen molar-refractivity contribution < 1.29 is 18.1 Å². The Bertz CT molecular complexity index is 1080. The van der Waals surface area contributed by atoms with Gasteiger partial charge in [-0.2, -0.15) is 13.2 Å². The van der Waals surface area contributed by atoms with E-state index in [-0.39, 0.29) is 32.3 Å². The number of hydrogen-bond acceptors (Lipinski definition) is 2. The van der Waals surface area contributed by atoms with Crippen molar-refractivity contribution in [1.29, 1.82) is 0 Å². The van der Waals surface area contributed by atoms with Crippen LogP contribution >= 0.6 is 23.2 Å². The van der Waals surface area contributed by atoms with Crippen molar-refractivity contribution in [2.24, 2.45) is 0 Å². The van der Waals surface area contributed by atoms with E-state index in [1.165, 1.54) is 42.5 Å². The van der Waals surface area contributed by atoms with Gasteiger partial charge >= 0.3 is 6.18 Å². The Hall–Kier alpha value is -2.57. The lowest BCUT2D eigenvalue weighted by molar-refractivity contribution is -0.384. The van der Waals surface area contributed by atoms with Gasteiger partial charge in [0.2, 0.25) is 0 Å². The molecule has 3 aromatic rings. The minimum atomic E-state index is -4.78. The Morgan fingerprint density at radius 3 is 2.00 bits per heavy atom. The molecule has 0 unspecified atom stereocenters. The molecule has 0 aliphatic heterocycles. The third-order valence-corrected chi connectivity index (χ3v) is 5.28. The zero-order chi connectivity index (χ0) is 20.6. The first kappa shape index (κ1) is 20.2. The average molecular weight is 426 g/mol. The van der Waals surface area contributed by atoms with Crippen LogP contribution in [0.4, 0.5) is 18.9 Å². The first-order valence-corrected chi connectivity index (χ1v) is 8.77. The van der Waals surface area contributed by atoms with Gasteiger partial charge in [0.25, 0.3) is 5.69 Å². The summed E-state index contributed by atoms with van der Waals surface area (Å²) in [6, 6.07) is 12.2. The number of alkyl halides is 3. The number of para-hydroxylation sites is 1. The number of nitro benzene ring substituents is 1. The lowest BCUT2D eigenvalue weighted by Gasteiger charge is -2.19. The van der Waals surface area contributed by atoms with Gasteiger partial charge in [0, 0.05) is 17.2 Å². The zero-order valence-electron chi connectivity index (χ0n) is 14.3. The van der Waals surface area contributed by atoms with Gasteiger partial charge in [-0.15, -0.1) is 0 Å². The lowest BCUT2D eigenvalue weighted by atomic mass is 9.90. The first-order valence-electron chi connectivity index (χ1n) is 8.02. The number of rotatable bonds is 3. The standard InChI is InChI=1S/C20H12Cl2F3NO2/c1-11-9-10-15(19(22)18(11)21)14-7-4-6-13(17(14)20(23,24)25)12-5-2-3-8-16(12)26(27)28/h2-10H,1H3. The van der Waals surface area contributed by atoms with E-state index in [1.54, 1.807) is 13.0 Å². The van der Waals surface area contributed by atoms with Crippen LogP contribution in [0.15, 0.2) is 54.6 Å². The van der Waals surface area contributed by atoms with E-state index < -0.39 is 22.4 Å². The summed E-state index contributed by atoms with van der Waals surface area (Å²) >= 11 is 12.3. The number of hydrogen-bond donors (Lipinski definition) is 0. The van der Waals surface area contributed by atoms with Crippen LogP contribution in [0.3, 0.4) is 0 Å². The highest BCUT2D eigenvalue weighted by Gasteiger charge is 2.38. The second kappa shape index (κ2) is 7.45. The summed E-state index contributed by atoms with van der Waals surface area (Å²) in [5.74, 6) is 0. The van der Waals surface area contributed by atoms with Crippen molar-refractivity contribution in [2.75, 3.05) is 0 Å². The lowest BCUT2D eigenvalue weighted by Crippen LogP contribution is -2.10. The molecule has 0 radical (unpaired) electrons. The van der Waals surface area contributed by atoms with E-state index in [9.17, 15) is 23.3 Å². The van der Waals surface area contributed by atoms with Crippen LogP contribution in [-0.4, -0.2) is 4.92 Å². The summed E-state index contributed by atoms with van der Waals surface area (Å²) in [7, 11) is 0. The first-order chi connectivity index (χ1) is 13.1. The molecule has 0 saturated carbocycles. The molecule has 0 amide bonds. The van der Waals surface area contributed by atoms with Crippen LogP contribution < -0.4 is 0 Å². The fourth-order valence-electron chi connectivity index (χ4n) is 3.02. The number of benzene rings is 3. The average Bonchev–Trinajstić information content (AvgIpc) is 2.65. The molecule has 0 N–H and O–H groups in total. The molecule has 0 heterocycles. The summed E-state index contributed by atoms with van der Waals surface area (Å²) in [4.78, 5) is 10.6. The molecule has 0 atom stereocenters. The Balaban J connectivity index is 2.40. The van der Waals surface area contributed by atoms with Crippen LogP contribution in [0.5, 0.6) is 0 Å². The molecule has 28 heavy (non-hydrogen) atoms. The van der Waals surface area contributed by atoms with Gasteiger partial charge in [0.15, 0.2) is 0 Å². The molecular weight excluding hydrogens is 414 g/mol. The van der Waals surface area contributed by atoms with E-state index >= 15 is 0 Å². The number of aryl methyl sites for hydroxylation is 1. The Labute approximate surface area is 168 Å². The summed E-state index contributed by atoms with van der Waals surface area (Å²) in [5.41, 5.74) is -1.33. The molecule has 0 bridgehead atoms. The maximum atomic E-state index is 14.1. The second-order valence-corrected chi connectivity index (χ2v) is 6.81. The summed E-state index contributed by atoms with van der Waals surface area (Å²) in [6.07, 6.45) is -4.78. The van der Waals surface area contributed by atoms with Crippen molar-refractivity contribution in [2.45, 2.75) is 13.1 Å². The highest BCUT2D eigenvalue weighted by molar-refractivity contribution is 6.44. The minimum Gasteiger partial charge on any atom is -0.258 e. The smallest absolute Gasteiger partial charge is 0.258 e. The van der Waals surface area contributed by atoms with Crippen LogP contribution in [0.25, 0.3) is 22.3 Å². The topological polar surface area (TPSA) is 43.1 Å². The quantitative estimate of drug-likeness (QED) is 0.320. The maximum absolute atomic E-state index is 14.1. The van der Waals surface area contributed by atoms with Gasteiger partial charge < -0.3 is 0 Å². The van der Waals surface area contributed by atoms with E-state index in [0.717, 1.165) is 6.07 Å². The molecule has 0 saturated heterocycles. The van der Waals surface area contributed by atoms with Gasteiger partial charge in [-0.1, -0.05) is 65.7 Å². The molecule has 0 fully saturated rings. The highest BCUT2D eigenvalue weighted by Crippen LogP contribution is 2.47. The molecule has 144 valence electrons. The fourth-order valence-corrected chi connectivity index (χ4v) is 3.50. The third kappa shape index (κ3) is 3.57. The third-order valence-electron chi connectivity index (χ3n) is 4.30. The van der Waals surface area contributed by atoms with Gasteiger partial charge in [-0.3, -0.25) is 10.1 Å². The van der Waals surface area contributed by atoms with Crippen LogP contribution in [0.1, 0.15) is 11.1 Å². The van der Waals surface area contributed by atoms with Crippen molar-refractivity contribution >= 4 is 28.9 Å². The largest absolute Gasteiger partial charge is 0.417 e. The molecule has 0 aliphatic carbocycles. The summed E-state index contributed by atoms with van der Waals surface area (Å²) in [6.45, 7) is 1.69. The molecule has 0 aliphatic rings. The highest BCUT2D eigenvalue weighted by atomic mass is 35.5.